The summed E-state index contributed by atoms with van der Waals surface area (Å²) in [5.74, 6) is 1.05. The largest absolute Gasteiger partial charge is 0.459 e. The molecule has 1 heterocycles. The molecule has 1 unspecified atom stereocenters. The van der Waals surface area contributed by atoms with Gasteiger partial charge in [0.1, 0.15) is 18.6 Å². The number of benzene rings is 1. The summed E-state index contributed by atoms with van der Waals surface area (Å²) in [4.78, 5) is 10.9. The van der Waals surface area contributed by atoms with Gasteiger partial charge in [0.2, 0.25) is 0 Å². The molecule has 1 saturated heterocycles. The van der Waals surface area contributed by atoms with Gasteiger partial charge in [0, 0.05) is 0 Å². The highest BCUT2D eigenvalue weighted by atomic mass is 31.2. The van der Waals surface area contributed by atoms with Crippen LogP contribution in [0.5, 0.6) is 5.75 Å². The zero-order valence-electron chi connectivity index (χ0n) is 13.6. The van der Waals surface area contributed by atoms with Gasteiger partial charge in [0.25, 0.3) is 0 Å². The lowest BCUT2D eigenvalue weighted by Crippen LogP contribution is -2.29. The van der Waals surface area contributed by atoms with Gasteiger partial charge < -0.3 is 18.8 Å². The lowest BCUT2D eigenvalue weighted by molar-refractivity contribution is -0.109. The minimum absolute atomic E-state index is 0.0456. The third kappa shape index (κ3) is 4.88. The van der Waals surface area contributed by atoms with Crippen molar-refractivity contribution < 1.29 is 27.9 Å². The molecule has 1 aromatic carbocycles. The minimum atomic E-state index is -3.73. The highest BCUT2D eigenvalue weighted by Crippen LogP contribution is 2.46. The summed E-state index contributed by atoms with van der Waals surface area (Å²) in [6, 6.07) is 6.78. The number of carbonyl (C=O) groups is 1. The molecule has 1 aromatic rings. The van der Waals surface area contributed by atoms with Crippen LogP contribution in [0.1, 0.15) is 31.2 Å². The van der Waals surface area contributed by atoms with E-state index in [-0.39, 0.29) is 6.61 Å². The summed E-state index contributed by atoms with van der Waals surface area (Å²) >= 11 is 0. The van der Waals surface area contributed by atoms with Crippen LogP contribution < -0.4 is 9.61 Å². The Balaban J connectivity index is 1.65. The fourth-order valence-electron chi connectivity index (χ4n) is 2.39. The van der Waals surface area contributed by atoms with Crippen LogP contribution in [0.4, 0.5) is 0 Å². The van der Waals surface area contributed by atoms with Crippen LogP contribution in [-0.4, -0.2) is 38.4 Å². The Morgan fingerprint density at radius 1 is 1.29 bits per heavy atom. The van der Waals surface area contributed by atoms with Crippen molar-refractivity contribution in [2.24, 2.45) is 0 Å². The Kier molecular flexibility index (Phi) is 5.69. The molecule has 8 heteroatoms. The Hall–Kier alpha value is -1.24. The number of nitrogens with one attached hydrogen (secondary N) is 1. The fraction of sp³-hybridized carbons (Fsp3) is 0.562. The number of hydrogen-bond acceptors (Lipinski definition) is 6. The SMILES string of the molecule is C[C@@H](C=O)NP(=O)(OCC1OCCO1)Oc1ccc(C2CC2)cc1. The molecular weight excluding hydrogens is 333 g/mol. The molecule has 1 aliphatic carbocycles. The van der Waals surface area contributed by atoms with E-state index in [0.29, 0.717) is 31.2 Å². The first-order valence-corrected chi connectivity index (χ1v) is 9.63. The summed E-state index contributed by atoms with van der Waals surface area (Å²) in [5, 5.41) is 2.60. The quantitative estimate of drug-likeness (QED) is 0.538. The van der Waals surface area contributed by atoms with E-state index in [4.69, 9.17) is 18.5 Å². The lowest BCUT2D eigenvalue weighted by Gasteiger charge is -2.22. The van der Waals surface area contributed by atoms with Crippen molar-refractivity contribution in [1.29, 1.82) is 0 Å². The maximum Gasteiger partial charge on any atom is 0.459 e. The summed E-state index contributed by atoms with van der Waals surface area (Å²) in [6.45, 7) is 2.47. The van der Waals surface area contributed by atoms with E-state index in [1.165, 1.54) is 18.4 Å². The standard InChI is InChI=1S/C16H22NO6P/c1-12(10-18)17-24(19,22-11-16-20-8-9-21-16)23-15-6-4-14(5-7-15)13-2-3-13/h4-7,10,12-13,16H,2-3,8-9,11H2,1H3,(H,17,19)/t12-,24?/m0/s1. The van der Waals surface area contributed by atoms with Crippen LogP contribution in [-0.2, 0) is 23.4 Å². The van der Waals surface area contributed by atoms with Crippen molar-refractivity contribution in [3.05, 3.63) is 29.8 Å². The van der Waals surface area contributed by atoms with Gasteiger partial charge in [-0.05, 0) is 43.4 Å². The predicted octanol–water partition coefficient (Wildman–Crippen LogP) is 2.62. The maximum absolute atomic E-state index is 12.9. The summed E-state index contributed by atoms with van der Waals surface area (Å²) in [7, 11) is -3.73. The third-order valence-electron chi connectivity index (χ3n) is 3.79. The third-order valence-corrected chi connectivity index (χ3v) is 5.46. The molecule has 3 rings (SSSR count). The van der Waals surface area contributed by atoms with Crippen molar-refractivity contribution in [1.82, 2.24) is 5.09 Å². The average Bonchev–Trinajstić information content (AvgIpc) is 3.29. The van der Waals surface area contributed by atoms with Crippen LogP contribution in [0.15, 0.2) is 24.3 Å². The molecule has 0 amide bonds. The van der Waals surface area contributed by atoms with Gasteiger partial charge in [0.05, 0.1) is 19.3 Å². The molecule has 0 spiro atoms. The van der Waals surface area contributed by atoms with Gasteiger partial charge in [-0.2, -0.15) is 0 Å². The van der Waals surface area contributed by atoms with Crippen molar-refractivity contribution in [2.75, 3.05) is 19.8 Å². The Morgan fingerprint density at radius 3 is 2.54 bits per heavy atom. The molecule has 2 fully saturated rings. The molecule has 132 valence electrons. The maximum atomic E-state index is 12.9. The Morgan fingerprint density at radius 2 is 1.96 bits per heavy atom. The van der Waals surface area contributed by atoms with Crippen molar-refractivity contribution in [3.63, 3.8) is 0 Å². The first kappa shape index (κ1) is 17.6. The topological polar surface area (TPSA) is 83.1 Å². The fourth-order valence-corrected chi connectivity index (χ4v) is 3.85. The second-order valence-corrected chi connectivity index (χ2v) is 7.65. The first-order chi connectivity index (χ1) is 11.6. The molecule has 2 atom stereocenters. The van der Waals surface area contributed by atoms with E-state index < -0.39 is 20.1 Å². The second kappa shape index (κ2) is 7.76. The first-order valence-electron chi connectivity index (χ1n) is 8.08. The highest BCUT2D eigenvalue weighted by Gasteiger charge is 2.31. The van der Waals surface area contributed by atoms with E-state index >= 15 is 0 Å². The molecule has 0 radical (unpaired) electrons. The monoisotopic (exact) mass is 355 g/mol. The zero-order valence-corrected chi connectivity index (χ0v) is 14.4. The van der Waals surface area contributed by atoms with Gasteiger partial charge in [-0.25, -0.2) is 9.65 Å². The average molecular weight is 355 g/mol. The number of rotatable bonds is 9. The summed E-state index contributed by atoms with van der Waals surface area (Å²) in [5.41, 5.74) is 1.25. The van der Waals surface area contributed by atoms with E-state index in [9.17, 15) is 9.36 Å². The number of ether oxygens (including phenoxy) is 2. The summed E-state index contributed by atoms with van der Waals surface area (Å²) in [6.07, 6.45) is 2.48. The van der Waals surface area contributed by atoms with Crippen LogP contribution in [0.3, 0.4) is 0 Å². The molecule has 0 bridgehead atoms. The van der Waals surface area contributed by atoms with Gasteiger partial charge in [-0.3, -0.25) is 4.52 Å². The van der Waals surface area contributed by atoms with Crippen molar-refractivity contribution in [3.8, 4) is 5.75 Å². The van der Waals surface area contributed by atoms with Crippen molar-refractivity contribution in [2.45, 2.75) is 38.0 Å². The van der Waals surface area contributed by atoms with Gasteiger partial charge in [0.15, 0.2) is 6.29 Å². The van der Waals surface area contributed by atoms with Crippen molar-refractivity contribution >= 4 is 14.0 Å². The van der Waals surface area contributed by atoms with Gasteiger partial charge >= 0.3 is 7.75 Å². The van der Waals surface area contributed by atoms with E-state index in [1.54, 1.807) is 19.1 Å². The predicted molar refractivity (Wildman–Crippen MR) is 87.0 cm³/mol. The number of carbonyl (C=O) groups excluding carboxylic acids is 1. The molecule has 24 heavy (non-hydrogen) atoms. The second-order valence-electron chi connectivity index (χ2n) is 5.95. The highest BCUT2D eigenvalue weighted by molar-refractivity contribution is 7.52. The van der Waals surface area contributed by atoms with Gasteiger partial charge in [-0.15, -0.1) is 0 Å². The van der Waals surface area contributed by atoms with Crippen LogP contribution in [0, 0.1) is 0 Å². The molecule has 1 aliphatic heterocycles. The lowest BCUT2D eigenvalue weighted by atomic mass is 10.1. The molecular formula is C16H22NO6P. The molecule has 1 N–H and O–H groups in total. The molecule has 1 saturated carbocycles. The van der Waals surface area contributed by atoms with E-state index in [2.05, 4.69) is 5.09 Å². The number of hydrogen-bond donors (Lipinski definition) is 1. The van der Waals surface area contributed by atoms with E-state index in [1.807, 2.05) is 12.1 Å². The smallest absolute Gasteiger partial charge is 0.413 e. The van der Waals surface area contributed by atoms with Gasteiger partial charge in [-0.1, -0.05) is 12.1 Å². The Labute approximate surface area is 141 Å². The normalized spacial score (nSPS) is 22.0. The number of aldehydes is 1. The summed E-state index contributed by atoms with van der Waals surface area (Å²) < 4.78 is 34.4. The Bertz CT molecular complexity index is 597. The van der Waals surface area contributed by atoms with Crippen LogP contribution in [0.25, 0.3) is 0 Å². The zero-order chi connectivity index (χ0) is 17.0. The molecule has 7 nitrogen and oxygen atoms in total. The molecule has 2 aliphatic rings. The van der Waals surface area contributed by atoms with E-state index in [0.717, 1.165) is 0 Å². The van der Waals surface area contributed by atoms with Crippen LogP contribution >= 0.6 is 7.75 Å². The van der Waals surface area contributed by atoms with Crippen LogP contribution in [0.2, 0.25) is 0 Å². The molecule has 0 aromatic heterocycles. The minimum Gasteiger partial charge on any atom is -0.413 e.